The van der Waals surface area contributed by atoms with Crippen molar-refractivity contribution in [2.75, 3.05) is 0 Å². The second kappa shape index (κ2) is 17.1. The van der Waals surface area contributed by atoms with E-state index in [0.717, 1.165) is 24.3 Å². The molecule has 6 aromatic rings. The van der Waals surface area contributed by atoms with Crippen molar-refractivity contribution >= 4 is 125 Å². The van der Waals surface area contributed by atoms with Gasteiger partial charge in [0.25, 0.3) is 11.4 Å². The van der Waals surface area contributed by atoms with Crippen molar-refractivity contribution in [3.63, 3.8) is 0 Å². The van der Waals surface area contributed by atoms with Crippen LogP contribution in [0.25, 0.3) is 21.5 Å². The molecule has 0 aromatic heterocycles. The molecule has 0 unspecified atom stereocenters. The van der Waals surface area contributed by atoms with Gasteiger partial charge in [-0.1, -0.05) is 36.4 Å². The average Bonchev–Trinajstić information content (AvgIpc) is 3.10. The molecule has 0 bridgehead atoms. The summed E-state index contributed by atoms with van der Waals surface area (Å²) >= 11 is 0. The van der Waals surface area contributed by atoms with Crippen LogP contribution in [0.3, 0.4) is 0 Å². The number of benzene rings is 6. The van der Waals surface area contributed by atoms with Crippen LogP contribution in [-0.2, 0) is 20.2 Å². The number of phenols is 2. The Hall–Kier alpha value is -5.17. The third-order valence-corrected chi connectivity index (χ3v) is 9.59. The van der Waals surface area contributed by atoms with Crippen LogP contribution in [-0.4, -0.2) is 94.9 Å². The minimum Gasteiger partial charge on any atom is -0.744 e. The summed E-state index contributed by atoms with van der Waals surface area (Å²) in [5, 5.41) is 59.5. The summed E-state index contributed by atoms with van der Waals surface area (Å²) in [6.45, 7) is 3.02. The molecule has 6 rings (SSSR count). The molecule has 0 amide bonds. The number of nitrogens with zero attached hydrogens (tertiary/aromatic N) is 6. The summed E-state index contributed by atoms with van der Waals surface area (Å²) in [5.41, 5.74) is 0.637. The van der Waals surface area contributed by atoms with Gasteiger partial charge in [-0.15, -0.1) is 20.5 Å². The quantitative estimate of drug-likeness (QED) is 0.0486. The van der Waals surface area contributed by atoms with Gasteiger partial charge in [0, 0.05) is 22.9 Å². The monoisotopic (exact) mass is 910 g/mol. The standard InChI is InChI=1S/2C17H13N3O6S.Ba/c2*1-10-14(3-2-4-15(10)20(22)23)18-19-17-13-9-12(27(24,25)26)7-5-11(13)6-8-16(17)21;/h2*2-9,21H,1H3,(H,24,25,26);/q;;+2/p-2. The predicted octanol–water partition coefficient (Wildman–Crippen LogP) is 7.78. The van der Waals surface area contributed by atoms with E-state index in [0.29, 0.717) is 10.8 Å². The first-order valence-corrected chi connectivity index (χ1v) is 17.9. The number of phenolic OH excluding ortho intramolecular Hbond substituents is 2. The Morgan fingerprint density at radius 3 is 1.22 bits per heavy atom. The summed E-state index contributed by atoms with van der Waals surface area (Å²) in [6.07, 6.45) is 0. The number of nitro benzene ring substituents is 2. The van der Waals surface area contributed by atoms with Crippen LogP contribution in [0.1, 0.15) is 11.1 Å². The first-order chi connectivity index (χ1) is 25.4. The van der Waals surface area contributed by atoms with Gasteiger partial charge < -0.3 is 19.3 Å². The Morgan fingerprint density at radius 1 is 0.545 bits per heavy atom. The van der Waals surface area contributed by atoms with E-state index in [4.69, 9.17) is 0 Å². The second-order valence-corrected chi connectivity index (χ2v) is 14.1. The Bertz CT molecular complexity index is 2610. The first-order valence-electron chi connectivity index (χ1n) is 15.1. The van der Waals surface area contributed by atoms with Gasteiger partial charge in [-0.2, -0.15) is 0 Å². The Kier molecular flexibility index (Phi) is 13.2. The summed E-state index contributed by atoms with van der Waals surface area (Å²) in [5.74, 6) is -0.565. The van der Waals surface area contributed by atoms with Crippen molar-refractivity contribution in [2.45, 2.75) is 23.6 Å². The molecular weight excluding hydrogens is 886 g/mol. The van der Waals surface area contributed by atoms with E-state index in [1.807, 2.05) is 0 Å². The Labute approximate surface area is 351 Å². The average molecular weight is 910 g/mol. The zero-order valence-electron chi connectivity index (χ0n) is 28.4. The molecular formula is C34H24BaN6O12S2. The van der Waals surface area contributed by atoms with Crippen molar-refractivity contribution in [1.82, 2.24) is 0 Å². The molecule has 0 aliphatic carbocycles. The molecule has 276 valence electrons. The van der Waals surface area contributed by atoms with Crippen molar-refractivity contribution in [3.05, 3.63) is 128 Å². The van der Waals surface area contributed by atoms with Gasteiger partial charge in [-0.05, 0) is 73.2 Å². The third kappa shape index (κ3) is 9.75. The normalized spacial score (nSPS) is 11.7. The summed E-state index contributed by atoms with van der Waals surface area (Å²) < 4.78 is 67.6. The predicted molar refractivity (Wildman–Crippen MR) is 197 cm³/mol. The van der Waals surface area contributed by atoms with Gasteiger partial charge in [0.2, 0.25) is 0 Å². The van der Waals surface area contributed by atoms with Crippen LogP contribution < -0.4 is 0 Å². The molecule has 2 N–H and O–H groups in total. The van der Waals surface area contributed by atoms with Crippen LogP contribution in [0, 0.1) is 34.1 Å². The van der Waals surface area contributed by atoms with Crippen molar-refractivity contribution in [3.8, 4) is 11.5 Å². The van der Waals surface area contributed by atoms with E-state index in [-0.39, 0.29) is 116 Å². The van der Waals surface area contributed by atoms with Crippen LogP contribution in [0.15, 0.2) is 127 Å². The molecule has 18 nitrogen and oxygen atoms in total. The zero-order valence-corrected chi connectivity index (χ0v) is 34.5. The molecule has 55 heavy (non-hydrogen) atoms. The van der Waals surface area contributed by atoms with Crippen LogP contribution in [0.5, 0.6) is 11.5 Å². The maximum atomic E-state index is 11.3. The Balaban J connectivity index is 0.000000240. The summed E-state index contributed by atoms with van der Waals surface area (Å²) in [6, 6.07) is 21.7. The molecule has 21 heteroatoms. The molecule has 0 saturated heterocycles. The fourth-order valence-electron chi connectivity index (χ4n) is 5.11. The van der Waals surface area contributed by atoms with Crippen molar-refractivity contribution in [2.24, 2.45) is 20.5 Å². The van der Waals surface area contributed by atoms with Gasteiger partial charge in [0.05, 0.1) is 42.1 Å². The van der Waals surface area contributed by atoms with E-state index in [1.54, 1.807) is 0 Å². The number of hydrogen-bond acceptors (Lipinski definition) is 16. The number of rotatable bonds is 8. The fourth-order valence-corrected chi connectivity index (χ4v) is 6.10. The van der Waals surface area contributed by atoms with Crippen LogP contribution in [0.2, 0.25) is 0 Å². The van der Waals surface area contributed by atoms with E-state index in [9.17, 15) is 56.4 Å². The first kappa shape index (κ1) is 42.6. The molecule has 0 aliphatic heterocycles. The maximum Gasteiger partial charge on any atom is 2.00 e. The van der Waals surface area contributed by atoms with Gasteiger partial charge >= 0.3 is 48.9 Å². The third-order valence-electron chi connectivity index (χ3n) is 7.93. The number of fused-ring (bicyclic) bond motifs is 2. The number of hydrogen-bond donors (Lipinski definition) is 2. The molecule has 0 aliphatic rings. The number of aromatic hydroxyl groups is 2. The smallest absolute Gasteiger partial charge is 0.744 e. The molecule has 6 aromatic carbocycles. The summed E-state index contributed by atoms with van der Waals surface area (Å²) in [4.78, 5) is 20.0. The molecule has 0 atom stereocenters. The van der Waals surface area contributed by atoms with E-state index in [1.165, 1.54) is 86.6 Å². The van der Waals surface area contributed by atoms with Gasteiger partial charge in [-0.3, -0.25) is 20.2 Å². The topological polar surface area (TPSA) is 291 Å². The van der Waals surface area contributed by atoms with Gasteiger partial charge in [-0.25, -0.2) is 16.8 Å². The molecule has 0 heterocycles. The largest absolute Gasteiger partial charge is 2.00 e. The van der Waals surface area contributed by atoms with E-state index < -0.39 is 39.9 Å². The maximum absolute atomic E-state index is 11.3. The molecule has 0 radical (unpaired) electrons. The fraction of sp³-hybridized carbons (Fsp3) is 0.0588. The van der Waals surface area contributed by atoms with E-state index >= 15 is 0 Å². The number of nitro groups is 2. The Morgan fingerprint density at radius 2 is 0.891 bits per heavy atom. The second-order valence-electron chi connectivity index (χ2n) is 11.3. The van der Waals surface area contributed by atoms with Gasteiger partial charge in [0.1, 0.15) is 43.1 Å². The van der Waals surface area contributed by atoms with E-state index in [2.05, 4.69) is 20.5 Å². The van der Waals surface area contributed by atoms with Crippen LogP contribution in [0.4, 0.5) is 34.1 Å². The molecule has 0 saturated carbocycles. The zero-order chi connectivity index (χ0) is 39.5. The van der Waals surface area contributed by atoms with Crippen molar-refractivity contribution < 1.29 is 46.0 Å². The minimum absolute atomic E-state index is 0. The SMILES string of the molecule is Cc1c(N=Nc2c(O)ccc3ccc(S(=O)(=O)[O-])cc23)cccc1[N+](=O)[O-].Cc1c(N=Nc2c(O)ccc3ccc(S(=O)(=O)[O-])cc23)cccc1[N+](=O)[O-].[Ba+2]. The van der Waals surface area contributed by atoms with Crippen LogP contribution >= 0.6 is 0 Å². The molecule has 0 fully saturated rings. The molecule has 0 spiro atoms. The van der Waals surface area contributed by atoms with Crippen molar-refractivity contribution in [1.29, 1.82) is 0 Å². The minimum atomic E-state index is -4.69. The van der Waals surface area contributed by atoms with Gasteiger partial charge in [0.15, 0.2) is 0 Å². The number of azo groups is 2. The summed E-state index contributed by atoms with van der Waals surface area (Å²) in [7, 11) is -9.38.